The maximum absolute atomic E-state index is 14.9. The summed E-state index contributed by atoms with van der Waals surface area (Å²) < 4.78 is 58.4. The summed E-state index contributed by atoms with van der Waals surface area (Å²) in [7, 11) is 3.21. The number of nitrogens with two attached hydrogens (primary N) is 3. The molecule has 8 unspecified atom stereocenters. The first kappa shape index (κ1) is 99.6. The minimum atomic E-state index is -2.51. The number of piperidine rings is 1. The molecule has 1 aliphatic carbocycles. The molecular formula is C95H130N20O18. The number of carbonyl (C=O) groups is 6. The largest absolute Gasteiger partial charge is 0.459 e. The number of ketones is 3. The number of oxazole rings is 1. The summed E-state index contributed by atoms with van der Waals surface area (Å²) in [5.74, 6) is -8.24. The summed E-state index contributed by atoms with van der Waals surface area (Å²) in [5.41, 5.74) is 27.7. The number of cyclic esters (lactones) is 1. The molecule has 8 aromatic rings. The van der Waals surface area contributed by atoms with E-state index < -0.39 is 95.4 Å². The number of amides is 2. The quantitative estimate of drug-likeness (QED) is 0.00911. The SMILES string of the molecule is COC1C[C@@H]2CC[C@@H](C)[C@@](O)(O2)C(=O)C(=O)N2CCCCC2C(=O)OC([C@H](N)CC2CC[C@H](n3nncc3-c3cccc(-c4cnc(N5CCN(Cc6cn(CCOCCOCCOCCOCCC(=O)NCCCCn7nc(-c8ccc9oc(N)nc9c8)c8c(N)ncnc87)nn6)CC5)nc4)c3)[C@H](OC)C2)CC(=O)C(C)/C=C(\C)C(O)[C@@H](O)C(=O)C(C)CC(C)/C=C/C=CC=C1C. The summed E-state index contributed by atoms with van der Waals surface area (Å²) in [4.78, 5) is 113. The third-order valence-electron chi connectivity index (χ3n) is 26.0. The van der Waals surface area contributed by atoms with E-state index >= 15 is 0 Å². The van der Waals surface area contributed by atoms with Crippen LogP contribution >= 0.6 is 0 Å². The fraction of sp³-hybridized carbons (Fsp3) is 0.579. The molecule has 133 heavy (non-hydrogen) atoms. The van der Waals surface area contributed by atoms with Gasteiger partial charge in [0.1, 0.15) is 53.5 Å². The molecule has 0 radical (unpaired) electrons. The molecule has 3 saturated heterocycles. The van der Waals surface area contributed by atoms with Crippen molar-refractivity contribution in [3.05, 3.63) is 127 Å². The van der Waals surface area contributed by atoms with Gasteiger partial charge in [0.05, 0.1) is 107 Å². The zero-order valence-corrected chi connectivity index (χ0v) is 77.5. The Labute approximate surface area is 774 Å². The molecule has 10 N–H and O–H groups in total. The molecule has 5 aliphatic rings. The summed E-state index contributed by atoms with van der Waals surface area (Å²) >= 11 is 0. The Morgan fingerprint density at radius 3 is 2.25 bits per heavy atom. The number of hydrogen-bond donors (Lipinski definition) is 7. The number of rotatable bonds is 32. The lowest BCUT2D eigenvalue weighted by atomic mass is 9.79. The molecule has 13 rings (SSSR count). The number of aromatic nitrogens is 13. The predicted octanol–water partition coefficient (Wildman–Crippen LogP) is 7.89. The second kappa shape index (κ2) is 47.8. The third-order valence-corrected chi connectivity index (χ3v) is 26.0. The van der Waals surface area contributed by atoms with Gasteiger partial charge in [-0.3, -0.25) is 28.9 Å². The van der Waals surface area contributed by atoms with Gasteiger partial charge in [0.2, 0.25) is 17.6 Å². The number of anilines is 3. The number of Topliss-reactive ketones (excluding diaryl/α,β-unsaturated/α-hetero) is 3. The summed E-state index contributed by atoms with van der Waals surface area (Å²) in [6.07, 6.45) is 19.4. The number of methoxy groups -OCH3 is 2. The van der Waals surface area contributed by atoms with Crippen molar-refractivity contribution in [2.24, 2.45) is 35.3 Å². The lowest BCUT2D eigenvalue weighted by Crippen LogP contribution is -2.61. The van der Waals surface area contributed by atoms with Gasteiger partial charge in [0.25, 0.3) is 17.7 Å². The Bertz CT molecular complexity index is 5340. The van der Waals surface area contributed by atoms with Gasteiger partial charge in [-0.1, -0.05) is 92.8 Å². The van der Waals surface area contributed by atoms with Gasteiger partial charge >= 0.3 is 5.97 Å². The summed E-state index contributed by atoms with van der Waals surface area (Å²) in [5, 5.41) is 61.2. The maximum atomic E-state index is 14.9. The van der Waals surface area contributed by atoms with Crippen LogP contribution in [0.25, 0.3) is 55.8 Å². The van der Waals surface area contributed by atoms with Crippen molar-refractivity contribution < 1.29 is 86.4 Å². The molecule has 6 aromatic heterocycles. The number of ether oxygens (including phenoxy) is 8. The smallest absolute Gasteiger partial charge is 0.329 e. The van der Waals surface area contributed by atoms with Crippen molar-refractivity contribution in [2.75, 3.05) is 123 Å². The first-order valence-electron chi connectivity index (χ1n) is 46.5. The van der Waals surface area contributed by atoms with Crippen LogP contribution in [0.5, 0.6) is 0 Å². The normalized spacial score (nSPS) is 26.0. The predicted molar refractivity (Wildman–Crippen MR) is 493 cm³/mol. The van der Waals surface area contributed by atoms with Crippen LogP contribution in [0.1, 0.15) is 150 Å². The highest BCUT2D eigenvalue weighted by Crippen LogP contribution is 2.42. The number of hydrogen-bond acceptors (Lipinski definition) is 33. The van der Waals surface area contributed by atoms with Crippen LogP contribution in [-0.4, -0.2) is 286 Å². The molecule has 2 amide bonds. The van der Waals surface area contributed by atoms with Crippen molar-refractivity contribution in [2.45, 2.75) is 218 Å². The maximum Gasteiger partial charge on any atom is 0.329 e. The minimum Gasteiger partial charge on any atom is -0.459 e. The first-order chi connectivity index (χ1) is 64.2. The number of fused-ring (bicyclic) bond motifs is 5. The number of esters is 1. The molecule has 0 spiro atoms. The number of piperazine rings is 1. The van der Waals surface area contributed by atoms with Gasteiger partial charge in [-0.2, -0.15) is 10.1 Å². The molecule has 2 bridgehead atoms. The minimum absolute atomic E-state index is 0.0107. The molecule has 1 saturated carbocycles. The van der Waals surface area contributed by atoms with Gasteiger partial charge in [0, 0.05) is 145 Å². The Kier molecular flexibility index (Phi) is 35.8. The van der Waals surface area contributed by atoms with Gasteiger partial charge in [-0.15, -0.1) is 10.2 Å². The van der Waals surface area contributed by atoms with Crippen LogP contribution < -0.4 is 27.4 Å². The Morgan fingerprint density at radius 1 is 0.737 bits per heavy atom. The van der Waals surface area contributed by atoms with Crippen LogP contribution in [-0.2, 0) is 86.3 Å². The van der Waals surface area contributed by atoms with E-state index in [0.717, 1.165) is 83.1 Å². The second-order valence-electron chi connectivity index (χ2n) is 35.7. The van der Waals surface area contributed by atoms with Gasteiger partial charge in [-0.25, -0.2) is 38.8 Å². The van der Waals surface area contributed by atoms with Crippen LogP contribution in [0.4, 0.5) is 17.8 Å². The summed E-state index contributed by atoms with van der Waals surface area (Å²) in [6, 6.07) is 11.2. The van der Waals surface area contributed by atoms with E-state index in [9.17, 15) is 44.1 Å². The Morgan fingerprint density at radius 2 is 1.49 bits per heavy atom. The number of aliphatic hydroxyl groups excluding tert-OH is 2. The van der Waals surface area contributed by atoms with Crippen molar-refractivity contribution in [1.29, 1.82) is 0 Å². The van der Waals surface area contributed by atoms with Crippen molar-refractivity contribution in [3.63, 3.8) is 0 Å². The lowest BCUT2D eigenvalue weighted by molar-refractivity contribution is -0.265. The fourth-order valence-corrected chi connectivity index (χ4v) is 18.3. The Hall–Kier alpha value is -10.9. The molecule has 38 nitrogen and oxygen atoms in total. The number of allylic oxidation sites excluding steroid dienone is 6. The molecule has 4 aliphatic heterocycles. The van der Waals surface area contributed by atoms with E-state index in [4.69, 9.17) is 74.6 Å². The number of unbranched alkanes of at least 4 members (excludes halogenated alkanes) is 1. The molecular weight excluding hydrogens is 1710 g/mol. The average Bonchev–Trinajstić information content (AvgIpc) is 1.62. The summed E-state index contributed by atoms with van der Waals surface area (Å²) in [6.45, 7) is 18.7. The number of carbonyl (C=O) groups excluding carboxylic acids is 6. The molecule has 2 aromatic carbocycles. The molecule has 38 heteroatoms. The van der Waals surface area contributed by atoms with Gasteiger partial charge in [0.15, 0.2) is 17.0 Å². The highest BCUT2D eigenvalue weighted by molar-refractivity contribution is 6.39. The number of aryl methyl sites for hydroxylation is 1. The van der Waals surface area contributed by atoms with E-state index in [1.165, 1.54) is 19.3 Å². The van der Waals surface area contributed by atoms with E-state index in [-0.39, 0.29) is 86.7 Å². The lowest BCUT2D eigenvalue weighted by Gasteiger charge is -2.42. The number of nitrogen functional groups attached to an aromatic ring is 2. The zero-order chi connectivity index (χ0) is 94.2. The molecule has 718 valence electrons. The Balaban J connectivity index is 0.527. The first-order valence-corrected chi connectivity index (χ1v) is 46.5. The standard InChI is InChI=1S/C95H130N20O18/c1-59-17-10-9-11-18-60(2)79(125-7)51-71-25-22-64(6)95(124,133-71)88(121)91(122)113-30-14-12-21-75(113)92(123)131-80(52-77(116)61(3)46-63(5)86(119)87(120)85(118)62(4)45-59)72(96)47-65-23-26-74(81(48-65)126-8)115-76(55-104-108-115)67-20-16-19-66(49-67)69-53-100-94(101-54-69)111-34-32-110(33-35-111)56-70-57-112(109-106-70)36-38-128-40-42-130-44-43-129-41-39-127-37-28-82(117)99-29-13-15-31-114-90-83(89(97)102-58-103-90)84(107-114)68-24-27-78-73(50-68)105-93(98)132-78/h9-11,16-20,24,27,46,49-50,53-55,57-59,61-62,64-65,71-72,74-75,79-81,86-87,119-120,124H,12-15,21-23,25-26,28-45,47-48,51-52,56,96H2,1-8H3,(H2,98,105)(H,99,117)(H2,97,102,103)/b11-9?,17-10+,60-18?,63-46+/t59?,61?,62?,64-,65?,71+,72-,74+,75?,79?,80?,81-,86?,87+,95-/m1/s1. The topological polar surface area (TPSA) is 494 Å². The van der Waals surface area contributed by atoms with Crippen LogP contribution in [0.2, 0.25) is 0 Å². The van der Waals surface area contributed by atoms with Crippen molar-refractivity contribution in [3.8, 4) is 33.6 Å². The van der Waals surface area contributed by atoms with Crippen LogP contribution in [0.15, 0.2) is 126 Å². The van der Waals surface area contributed by atoms with Crippen molar-refractivity contribution in [1.82, 2.24) is 79.8 Å². The average molecular weight is 1840 g/mol. The van der Waals surface area contributed by atoms with E-state index in [0.29, 0.717) is 163 Å². The number of nitrogens with one attached hydrogen (secondary N) is 1. The highest BCUT2D eigenvalue weighted by atomic mass is 16.6. The highest BCUT2D eigenvalue weighted by Gasteiger charge is 2.53. The van der Waals surface area contributed by atoms with Gasteiger partial charge in [-0.05, 0) is 144 Å². The number of aliphatic hydroxyl groups is 3. The van der Waals surface area contributed by atoms with Crippen LogP contribution in [0, 0.1) is 29.6 Å². The van der Waals surface area contributed by atoms with Crippen molar-refractivity contribution >= 4 is 75.0 Å². The van der Waals surface area contributed by atoms with E-state index in [1.54, 1.807) is 56.6 Å². The molecule has 4 fully saturated rings. The van der Waals surface area contributed by atoms with E-state index in [1.807, 2.05) is 97.8 Å². The second-order valence-corrected chi connectivity index (χ2v) is 35.7. The number of benzene rings is 2. The monoisotopic (exact) mass is 1840 g/mol. The number of nitrogens with zero attached hydrogens (tertiary/aromatic N) is 16. The molecule has 10 heterocycles. The molecule has 15 atom stereocenters. The zero-order valence-electron chi connectivity index (χ0n) is 77.5. The third kappa shape index (κ3) is 26.2. The van der Waals surface area contributed by atoms with Crippen LogP contribution in [0.3, 0.4) is 0 Å². The van der Waals surface area contributed by atoms with E-state index in [2.05, 4.69) is 56.8 Å². The fourth-order valence-electron chi connectivity index (χ4n) is 18.3. The van der Waals surface area contributed by atoms with Gasteiger partial charge < -0.3 is 89.9 Å².